The third-order valence-corrected chi connectivity index (χ3v) is 4.51. The lowest BCUT2D eigenvalue weighted by Crippen LogP contribution is -2.51. The molecule has 0 unspecified atom stereocenters. The molecule has 0 saturated carbocycles. The number of hydrogen-bond donors (Lipinski definition) is 3. The van der Waals surface area contributed by atoms with Gasteiger partial charge >= 0.3 is 0 Å². The molecular weight excluding hydrogens is 340 g/mol. The molecule has 8 heteroatoms. The number of rotatable bonds is 4. The fraction of sp³-hybridized carbons (Fsp3) is 0.353. The number of anilines is 1. The molecule has 132 valence electrons. The van der Waals surface area contributed by atoms with Crippen LogP contribution in [0.3, 0.4) is 0 Å². The van der Waals surface area contributed by atoms with Crippen LogP contribution in [0.2, 0.25) is 0 Å². The van der Waals surface area contributed by atoms with Crippen molar-refractivity contribution in [3.8, 4) is 0 Å². The maximum absolute atomic E-state index is 11.9. The van der Waals surface area contributed by atoms with Crippen molar-refractivity contribution in [3.63, 3.8) is 0 Å². The Morgan fingerprint density at radius 3 is 2.20 bits per heavy atom. The Morgan fingerprint density at radius 2 is 1.64 bits per heavy atom. The fourth-order valence-electron chi connectivity index (χ4n) is 2.93. The van der Waals surface area contributed by atoms with Gasteiger partial charge in [-0.1, -0.05) is 12.1 Å². The largest absolute Gasteiger partial charge is 0.395 e. The van der Waals surface area contributed by atoms with E-state index in [0.717, 1.165) is 37.4 Å². The van der Waals surface area contributed by atoms with Crippen LogP contribution in [-0.2, 0) is 9.59 Å². The molecule has 2 saturated heterocycles. The minimum absolute atomic E-state index is 0.0304. The average Bonchev–Trinajstić information content (AvgIpc) is 2.60. The maximum atomic E-state index is 11.9. The topological polar surface area (TPSA) is 84.9 Å². The zero-order valence-electron chi connectivity index (χ0n) is 13.7. The van der Waals surface area contributed by atoms with Crippen LogP contribution in [0.1, 0.15) is 5.56 Å². The van der Waals surface area contributed by atoms with Crippen LogP contribution in [0.5, 0.6) is 0 Å². The van der Waals surface area contributed by atoms with E-state index in [-0.39, 0.29) is 17.3 Å². The average molecular weight is 360 g/mol. The number of amides is 2. The summed E-state index contributed by atoms with van der Waals surface area (Å²) in [5, 5.41) is 13.9. The highest BCUT2D eigenvalue weighted by Crippen LogP contribution is 2.19. The number of nitrogens with zero attached hydrogens (tertiary/aromatic N) is 2. The van der Waals surface area contributed by atoms with E-state index in [0.29, 0.717) is 6.54 Å². The van der Waals surface area contributed by atoms with Crippen molar-refractivity contribution >= 4 is 40.9 Å². The Labute approximate surface area is 151 Å². The van der Waals surface area contributed by atoms with Crippen LogP contribution >= 0.6 is 12.2 Å². The van der Waals surface area contributed by atoms with Gasteiger partial charge in [0.15, 0.2) is 5.11 Å². The molecule has 0 atom stereocenters. The van der Waals surface area contributed by atoms with Crippen molar-refractivity contribution in [3.05, 3.63) is 35.4 Å². The second-order valence-electron chi connectivity index (χ2n) is 5.94. The van der Waals surface area contributed by atoms with Crippen LogP contribution < -0.4 is 15.5 Å². The quantitative estimate of drug-likeness (QED) is 0.389. The van der Waals surface area contributed by atoms with E-state index in [1.54, 1.807) is 6.08 Å². The van der Waals surface area contributed by atoms with Gasteiger partial charge in [0.25, 0.3) is 11.8 Å². The number of benzene rings is 1. The van der Waals surface area contributed by atoms with Crippen LogP contribution in [-0.4, -0.2) is 66.3 Å². The molecule has 3 rings (SSSR count). The van der Waals surface area contributed by atoms with Crippen molar-refractivity contribution in [2.45, 2.75) is 0 Å². The summed E-state index contributed by atoms with van der Waals surface area (Å²) in [5.41, 5.74) is 1.92. The van der Waals surface area contributed by atoms with E-state index in [9.17, 15) is 9.59 Å². The van der Waals surface area contributed by atoms with E-state index in [2.05, 4.69) is 20.4 Å². The molecule has 0 aromatic heterocycles. The number of aliphatic hydroxyl groups is 1. The first kappa shape index (κ1) is 17.5. The predicted octanol–water partition coefficient (Wildman–Crippen LogP) is -0.285. The number of thiocarbonyl (C=S) groups is 1. The van der Waals surface area contributed by atoms with Crippen molar-refractivity contribution < 1.29 is 14.7 Å². The van der Waals surface area contributed by atoms with Crippen LogP contribution in [0, 0.1) is 0 Å². The second kappa shape index (κ2) is 7.73. The molecule has 2 aliphatic heterocycles. The summed E-state index contributed by atoms with van der Waals surface area (Å²) in [6.07, 6.45) is 1.55. The zero-order valence-corrected chi connectivity index (χ0v) is 14.5. The Morgan fingerprint density at radius 1 is 1.04 bits per heavy atom. The van der Waals surface area contributed by atoms with Crippen molar-refractivity contribution in [1.29, 1.82) is 0 Å². The SMILES string of the molecule is O=C1NC(=S)NC(=O)C1=Cc1ccc(N2CCN(CCO)CC2)cc1. The number of aliphatic hydroxyl groups excluding tert-OH is 1. The van der Waals surface area contributed by atoms with E-state index < -0.39 is 11.8 Å². The number of piperazine rings is 1. The number of hydrogen-bond acceptors (Lipinski definition) is 6. The monoisotopic (exact) mass is 360 g/mol. The van der Waals surface area contributed by atoms with Gasteiger partial charge in [-0.3, -0.25) is 25.1 Å². The summed E-state index contributed by atoms with van der Waals surface area (Å²) in [6, 6.07) is 7.74. The van der Waals surface area contributed by atoms with Gasteiger partial charge in [0, 0.05) is 38.4 Å². The van der Waals surface area contributed by atoms with Crippen molar-refractivity contribution in [2.24, 2.45) is 0 Å². The van der Waals surface area contributed by atoms with Gasteiger partial charge in [-0.05, 0) is 36.0 Å². The summed E-state index contributed by atoms with van der Waals surface area (Å²) in [4.78, 5) is 28.2. The first-order valence-electron chi connectivity index (χ1n) is 8.13. The maximum Gasteiger partial charge on any atom is 0.263 e. The highest BCUT2D eigenvalue weighted by atomic mass is 32.1. The first-order chi connectivity index (χ1) is 12.1. The van der Waals surface area contributed by atoms with Gasteiger partial charge in [-0.15, -0.1) is 0 Å². The smallest absolute Gasteiger partial charge is 0.263 e. The molecule has 1 aromatic carbocycles. The van der Waals surface area contributed by atoms with Gasteiger partial charge in [-0.25, -0.2) is 0 Å². The predicted molar refractivity (Wildman–Crippen MR) is 99.0 cm³/mol. The number of carbonyl (C=O) groups excluding carboxylic acids is 2. The van der Waals surface area contributed by atoms with Gasteiger partial charge < -0.3 is 10.0 Å². The summed E-state index contributed by atoms with van der Waals surface area (Å²) < 4.78 is 0. The minimum Gasteiger partial charge on any atom is -0.395 e. The van der Waals surface area contributed by atoms with Gasteiger partial charge in [0.1, 0.15) is 5.57 Å². The highest BCUT2D eigenvalue weighted by molar-refractivity contribution is 7.80. The molecule has 3 N–H and O–H groups in total. The van der Waals surface area contributed by atoms with Gasteiger partial charge in [0.2, 0.25) is 0 Å². The fourth-order valence-corrected chi connectivity index (χ4v) is 3.11. The second-order valence-corrected chi connectivity index (χ2v) is 6.35. The molecule has 1 aromatic rings. The summed E-state index contributed by atoms with van der Waals surface area (Å²) in [6.45, 7) is 4.56. The van der Waals surface area contributed by atoms with E-state index in [1.807, 2.05) is 24.3 Å². The van der Waals surface area contributed by atoms with Crippen LogP contribution in [0.25, 0.3) is 6.08 Å². The Bertz CT molecular complexity index is 687. The zero-order chi connectivity index (χ0) is 17.8. The lowest BCUT2D eigenvalue weighted by atomic mass is 10.1. The van der Waals surface area contributed by atoms with Gasteiger partial charge in [-0.2, -0.15) is 0 Å². The summed E-state index contributed by atoms with van der Waals surface area (Å²) in [7, 11) is 0. The number of β-amino-alcohol motifs (C(OH)–C–C–N with tert-alkyl or cyclic N) is 1. The number of carbonyl (C=O) groups is 2. The number of nitrogens with one attached hydrogen (secondary N) is 2. The van der Waals surface area contributed by atoms with Crippen molar-refractivity contribution in [2.75, 3.05) is 44.2 Å². The van der Waals surface area contributed by atoms with Crippen LogP contribution in [0.4, 0.5) is 5.69 Å². The van der Waals surface area contributed by atoms with E-state index >= 15 is 0 Å². The third kappa shape index (κ3) is 4.22. The molecule has 2 fully saturated rings. The molecule has 0 radical (unpaired) electrons. The molecule has 0 spiro atoms. The normalized spacial score (nSPS) is 18.8. The Hall–Kier alpha value is -2.29. The Kier molecular flexibility index (Phi) is 5.42. The highest BCUT2D eigenvalue weighted by Gasteiger charge is 2.25. The first-order valence-corrected chi connectivity index (χ1v) is 8.54. The molecule has 2 amide bonds. The lowest BCUT2D eigenvalue weighted by Gasteiger charge is -2.35. The van der Waals surface area contributed by atoms with Gasteiger partial charge in [0.05, 0.1) is 6.61 Å². The molecule has 2 heterocycles. The summed E-state index contributed by atoms with van der Waals surface area (Å²) in [5.74, 6) is -0.976. The molecule has 0 bridgehead atoms. The molecule has 2 aliphatic rings. The minimum atomic E-state index is -0.488. The molecular formula is C17H20N4O3S. The molecule has 0 aliphatic carbocycles. The Balaban J connectivity index is 1.67. The van der Waals surface area contributed by atoms with E-state index in [1.165, 1.54) is 0 Å². The third-order valence-electron chi connectivity index (χ3n) is 4.30. The van der Waals surface area contributed by atoms with Crippen LogP contribution in [0.15, 0.2) is 29.8 Å². The molecule has 7 nitrogen and oxygen atoms in total. The van der Waals surface area contributed by atoms with Crippen molar-refractivity contribution in [1.82, 2.24) is 15.5 Å². The summed E-state index contributed by atoms with van der Waals surface area (Å²) >= 11 is 4.78. The van der Waals surface area contributed by atoms with E-state index in [4.69, 9.17) is 17.3 Å². The standard InChI is InChI=1S/C17H20N4O3S/c22-10-9-20-5-7-21(8-6-20)13-3-1-12(2-4-13)11-14-15(23)18-17(25)19-16(14)24/h1-4,11,22H,5-10H2,(H2,18,19,23,24,25). The molecule has 25 heavy (non-hydrogen) atoms. The lowest BCUT2D eigenvalue weighted by molar-refractivity contribution is -0.123.